The number of nitrogens with two attached hydrogens (primary N) is 1. The number of sulfonamides is 1. The van der Waals surface area contributed by atoms with Crippen LogP contribution in [0, 0.1) is 6.92 Å². The Balaban J connectivity index is 2.29. The summed E-state index contributed by atoms with van der Waals surface area (Å²) < 4.78 is 26.9. The molecule has 0 aliphatic rings. The predicted molar refractivity (Wildman–Crippen MR) is 83.9 cm³/mol. The first-order valence-corrected chi connectivity index (χ1v) is 7.95. The molecule has 0 fully saturated rings. The fourth-order valence-corrected chi connectivity index (χ4v) is 3.03. The van der Waals surface area contributed by atoms with E-state index in [4.69, 9.17) is 10.8 Å². The third kappa shape index (κ3) is 3.67. The van der Waals surface area contributed by atoms with Crippen molar-refractivity contribution < 1.29 is 23.1 Å². The van der Waals surface area contributed by atoms with E-state index in [1.165, 1.54) is 42.5 Å². The van der Waals surface area contributed by atoms with Crippen LogP contribution in [0.2, 0.25) is 0 Å². The van der Waals surface area contributed by atoms with Crippen LogP contribution in [0.5, 0.6) is 0 Å². The van der Waals surface area contributed by atoms with Crippen molar-refractivity contribution in [3.8, 4) is 0 Å². The lowest BCUT2D eigenvalue weighted by atomic mass is 10.1. The molecule has 0 aliphatic carbocycles. The first-order chi connectivity index (χ1) is 10.7. The molecule has 0 aromatic heterocycles. The normalized spacial score (nSPS) is 11.0. The largest absolute Gasteiger partial charge is 0.478 e. The van der Waals surface area contributed by atoms with Gasteiger partial charge in [-0.15, -0.1) is 0 Å². The Labute approximate surface area is 132 Å². The zero-order valence-corrected chi connectivity index (χ0v) is 12.9. The molecule has 7 nitrogen and oxygen atoms in total. The topological polar surface area (TPSA) is 127 Å². The van der Waals surface area contributed by atoms with Crippen LogP contribution in [0.4, 0.5) is 5.69 Å². The number of nitrogens with one attached hydrogen (secondary N) is 1. The number of aryl methyl sites for hydroxylation is 1. The van der Waals surface area contributed by atoms with Gasteiger partial charge in [-0.2, -0.15) is 0 Å². The standard InChI is InChI=1S/C15H14N2O5S/c1-9-8-11(4-7-13(9)15(19)20)17-23(21,22)12-5-2-10(3-6-12)14(16)18/h2-8,17H,1H3,(H2,16,18)(H,19,20). The van der Waals surface area contributed by atoms with Gasteiger partial charge in [-0.3, -0.25) is 9.52 Å². The second-order valence-corrected chi connectivity index (χ2v) is 6.51. The van der Waals surface area contributed by atoms with Gasteiger partial charge in [-0.1, -0.05) is 0 Å². The summed E-state index contributed by atoms with van der Waals surface area (Å²) in [6.45, 7) is 1.57. The molecule has 23 heavy (non-hydrogen) atoms. The molecule has 2 aromatic carbocycles. The first-order valence-electron chi connectivity index (χ1n) is 6.47. The number of primary amides is 1. The number of carbonyl (C=O) groups is 2. The van der Waals surface area contributed by atoms with Crippen molar-refractivity contribution in [1.82, 2.24) is 0 Å². The second-order valence-electron chi connectivity index (χ2n) is 4.83. The van der Waals surface area contributed by atoms with Gasteiger partial charge >= 0.3 is 5.97 Å². The van der Waals surface area contributed by atoms with Crippen molar-refractivity contribution in [3.63, 3.8) is 0 Å². The number of anilines is 1. The van der Waals surface area contributed by atoms with Gasteiger partial charge in [0.2, 0.25) is 5.91 Å². The van der Waals surface area contributed by atoms with Gasteiger partial charge in [0.25, 0.3) is 10.0 Å². The van der Waals surface area contributed by atoms with E-state index in [1.54, 1.807) is 6.92 Å². The Bertz CT molecular complexity index is 873. The van der Waals surface area contributed by atoms with Crippen LogP contribution in [0.1, 0.15) is 26.3 Å². The van der Waals surface area contributed by atoms with Crippen molar-refractivity contribution >= 4 is 27.6 Å². The molecule has 8 heteroatoms. The van der Waals surface area contributed by atoms with Gasteiger partial charge in [0.1, 0.15) is 0 Å². The van der Waals surface area contributed by atoms with Crippen molar-refractivity contribution in [2.24, 2.45) is 5.73 Å². The lowest BCUT2D eigenvalue weighted by Gasteiger charge is -2.10. The third-order valence-electron chi connectivity index (χ3n) is 3.16. The fourth-order valence-electron chi connectivity index (χ4n) is 1.98. The average Bonchev–Trinajstić information content (AvgIpc) is 2.46. The minimum Gasteiger partial charge on any atom is -0.478 e. The smallest absolute Gasteiger partial charge is 0.335 e. The van der Waals surface area contributed by atoms with Gasteiger partial charge in [-0.25, -0.2) is 13.2 Å². The summed E-state index contributed by atoms with van der Waals surface area (Å²) in [5.74, 6) is -1.74. The summed E-state index contributed by atoms with van der Waals surface area (Å²) >= 11 is 0. The lowest BCUT2D eigenvalue weighted by molar-refractivity contribution is 0.0696. The molecule has 0 unspecified atom stereocenters. The summed E-state index contributed by atoms with van der Waals surface area (Å²) in [4.78, 5) is 21.9. The summed E-state index contributed by atoms with van der Waals surface area (Å²) in [6.07, 6.45) is 0. The zero-order valence-electron chi connectivity index (χ0n) is 12.1. The lowest BCUT2D eigenvalue weighted by Crippen LogP contribution is -2.15. The number of carboxylic acid groups (broad SMARTS) is 1. The van der Waals surface area contributed by atoms with Crippen LogP contribution >= 0.6 is 0 Å². The molecule has 0 bridgehead atoms. The Morgan fingerprint density at radius 1 is 1.09 bits per heavy atom. The minimum absolute atomic E-state index is 0.0394. The number of aromatic carboxylic acids is 1. The second kappa shape index (κ2) is 6.09. The highest BCUT2D eigenvalue weighted by Crippen LogP contribution is 2.19. The maximum absolute atomic E-state index is 12.3. The number of benzene rings is 2. The average molecular weight is 334 g/mol. The van der Waals surface area contributed by atoms with E-state index in [2.05, 4.69) is 4.72 Å². The zero-order chi connectivity index (χ0) is 17.2. The molecule has 0 radical (unpaired) electrons. The van der Waals surface area contributed by atoms with Gasteiger partial charge < -0.3 is 10.8 Å². The number of rotatable bonds is 5. The number of amides is 1. The maximum Gasteiger partial charge on any atom is 0.335 e. The number of carboxylic acids is 1. The highest BCUT2D eigenvalue weighted by atomic mass is 32.2. The number of hydrogen-bond donors (Lipinski definition) is 3. The monoisotopic (exact) mass is 334 g/mol. The molecule has 2 aromatic rings. The van der Waals surface area contributed by atoms with Crippen LogP contribution in [0.15, 0.2) is 47.4 Å². The fraction of sp³-hybridized carbons (Fsp3) is 0.0667. The Morgan fingerprint density at radius 2 is 1.70 bits per heavy atom. The van der Waals surface area contributed by atoms with Crippen molar-refractivity contribution in [3.05, 3.63) is 59.2 Å². The van der Waals surface area contributed by atoms with E-state index < -0.39 is 21.9 Å². The summed E-state index contributed by atoms with van der Waals surface area (Å²) in [7, 11) is -3.86. The van der Waals surface area contributed by atoms with Gasteiger partial charge in [0.05, 0.1) is 10.5 Å². The first kappa shape index (κ1) is 16.5. The third-order valence-corrected chi connectivity index (χ3v) is 4.56. The Kier molecular flexibility index (Phi) is 4.37. The van der Waals surface area contributed by atoms with Crippen molar-refractivity contribution in [1.29, 1.82) is 0 Å². The van der Waals surface area contributed by atoms with E-state index in [-0.39, 0.29) is 21.7 Å². The SMILES string of the molecule is Cc1cc(NS(=O)(=O)c2ccc(C(N)=O)cc2)ccc1C(=O)O. The van der Waals surface area contributed by atoms with Crippen LogP contribution in [-0.4, -0.2) is 25.4 Å². The van der Waals surface area contributed by atoms with Crippen LogP contribution < -0.4 is 10.5 Å². The minimum atomic E-state index is -3.86. The molecular weight excluding hydrogens is 320 g/mol. The summed E-state index contributed by atoms with van der Waals surface area (Å²) in [5, 5.41) is 8.96. The van der Waals surface area contributed by atoms with Crippen molar-refractivity contribution in [2.75, 3.05) is 4.72 Å². The molecule has 120 valence electrons. The Morgan fingerprint density at radius 3 is 2.17 bits per heavy atom. The van der Waals surface area contributed by atoms with Crippen LogP contribution in [0.3, 0.4) is 0 Å². The Hall–Kier alpha value is -2.87. The van der Waals surface area contributed by atoms with Gasteiger partial charge in [0, 0.05) is 11.3 Å². The molecule has 4 N–H and O–H groups in total. The number of carbonyl (C=O) groups excluding carboxylic acids is 1. The van der Waals surface area contributed by atoms with Gasteiger partial charge in [-0.05, 0) is 55.0 Å². The van der Waals surface area contributed by atoms with E-state index in [0.29, 0.717) is 5.56 Å². The summed E-state index contributed by atoms with van der Waals surface area (Å²) in [5.41, 5.74) is 6.07. The number of hydrogen-bond acceptors (Lipinski definition) is 4. The predicted octanol–water partition coefficient (Wildman–Crippen LogP) is 1.59. The molecule has 0 saturated heterocycles. The van der Waals surface area contributed by atoms with E-state index in [9.17, 15) is 18.0 Å². The highest BCUT2D eigenvalue weighted by Gasteiger charge is 2.16. The molecular formula is C15H14N2O5S. The highest BCUT2D eigenvalue weighted by molar-refractivity contribution is 7.92. The van der Waals surface area contributed by atoms with E-state index >= 15 is 0 Å². The molecule has 0 heterocycles. The van der Waals surface area contributed by atoms with E-state index in [0.717, 1.165) is 0 Å². The van der Waals surface area contributed by atoms with Crippen LogP contribution in [0.25, 0.3) is 0 Å². The van der Waals surface area contributed by atoms with Gasteiger partial charge in [0.15, 0.2) is 0 Å². The quantitative estimate of drug-likeness (QED) is 0.765. The molecule has 0 saturated carbocycles. The molecule has 1 amide bonds. The molecule has 2 rings (SSSR count). The molecule has 0 aliphatic heterocycles. The summed E-state index contributed by atoms with van der Waals surface area (Å²) in [6, 6.07) is 9.28. The maximum atomic E-state index is 12.3. The molecule has 0 atom stereocenters. The molecule has 0 spiro atoms. The van der Waals surface area contributed by atoms with E-state index in [1.807, 2.05) is 0 Å². The van der Waals surface area contributed by atoms with Crippen LogP contribution in [-0.2, 0) is 10.0 Å². The van der Waals surface area contributed by atoms with Crippen molar-refractivity contribution in [2.45, 2.75) is 11.8 Å².